The molecule has 0 aliphatic heterocycles. The van der Waals surface area contributed by atoms with Gasteiger partial charge in [-0.05, 0) is 25.0 Å². The Hall–Kier alpha value is -0.460. The molecule has 1 aromatic rings. The molecule has 2 rings (SSSR count). The van der Waals surface area contributed by atoms with Gasteiger partial charge in [0.05, 0.1) is 0 Å². The first-order valence-corrected chi connectivity index (χ1v) is 9.20. The number of alkyl halides is 1. The van der Waals surface area contributed by atoms with Gasteiger partial charge in [0.2, 0.25) is 10.0 Å². The number of hydrogen-bond acceptors (Lipinski definition) is 3. The summed E-state index contributed by atoms with van der Waals surface area (Å²) in [5, 5.41) is 0.656. The molecular weight excluding hydrogens is 328 g/mol. The molecule has 0 bridgehead atoms. The van der Waals surface area contributed by atoms with E-state index in [0.29, 0.717) is 16.8 Å². The monoisotopic (exact) mass is 346 g/mol. The number of aromatic nitrogens is 1. The summed E-state index contributed by atoms with van der Waals surface area (Å²) < 4.78 is 27.0. The Bertz CT molecular complexity index is 487. The molecule has 0 saturated heterocycles. The van der Waals surface area contributed by atoms with Crippen LogP contribution in [0.25, 0.3) is 0 Å². The third kappa shape index (κ3) is 3.55. The molecule has 1 heterocycles. The van der Waals surface area contributed by atoms with Gasteiger partial charge in [-0.3, -0.25) is 4.98 Å². The molecule has 1 fully saturated rings. The Morgan fingerprint density at radius 3 is 2.63 bits per heavy atom. The van der Waals surface area contributed by atoms with E-state index >= 15 is 0 Å². The molecule has 0 aromatic carbocycles. The highest BCUT2D eigenvalue weighted by Gasteiger charge is 2.31. The average molecular weight is 347 g/mol. The molecule has 1 aliphatic carbocycles. The van der Waals surface area contributed by atoms with Gasteiger partial charge in [-0.25, -0.2) is 8.42 Å². The summed E-state index contributed by atoms with van der Waals surface area (Å²) in [6.07, 6.45) is 8.40. The molecule has 0 amide bonds. The maximum atomic E-state index is 12.7. The quantitative estimate of drug-likeness (QED) is 0.770. The molecule has 19 heavy (non-hydrogen) atoms. The Labute approximate surface area is 123 Å². The molecule has 1 aliphatic rings. The van der Waals surface area contributed by atoms with Crippen LogP contribution in [0.15, 0.2) is 29.4 Å². The van der Waals surface area contributed by atoms with Crippen molar-refractivity contribution < 1.29 is 8.42 Å². The Morgan fingerprint density at radius 1 is 1.32 bits per heavy atom. The standard InChI is InChI=1S/C13H19BrN2O2S/c14-8-10-16(12-5-2-1-3-6-12)19(17,18)13-7-4-9-15-11-13/h4,7,9,11-12H,1-3,5-6,8,10H2. The van der Waals surface area contributed by atoms with Gasteiger partial charge in [-0.15, -0.1) is 0 Å². The van der Waals surface area contributed by atoms with Crippen LogP contribution in [0, 0.1) is 0 Å². The number of sulfonamides is 1. The summed E-state index contributed by atoms with van der Waals surface area (Å²) in [7, 11) is -3.42. The predicted octanol–water partition coefficient (Wildman–Crippen LogP) is 2.80. The van der Waals surface area contributed by atoms with E-state index in [-0.39, 0.29) is 6.04 Å². The lowest BCUT2D eigenvalue weighted by atomic mass is 9.95. The Morgan fingerprint density at radius 2 is 2.05 bits per heavy atom. The number of hydrogen-bond donors (Lipinski definition) is 0. The van der Waals surface area contributed by atoms with E-state index in [4.69, 9.17) is 0 Å². The summed E-state index contributed by atoms with van der Waals surface area (Å²) in [6.45, 7) is 0.516. The number of pyridine rings is 1. The van der Waals surface area contributed by atoms with E-state index in [9.17, 15) is 8.42 Å². The van der Waals surface area contributed by atoms with Gasteiger partial charge in [0.15, 0.2) is 0 Å². The first-order chi connectivity index (χ1) is 9.16. The third-order valence-corrected chi connectivity index (χ3v) is 5.82. The number of halogens is 1. The van der Waals surface area contributed by atoms with E-state index in [1.807, 2.05) is 0 Å². The molecule has 4 nitrogen and oxygen atoms in total. The maximum absolute atomic E-state index is 12.7. The zero-order valence-electron chi connectivity index (χ0n) is 10.8. The molecule has 0 radical (unpaired) electrons. The van der Waals surface area contributed by atoms with Gasteiger partial charge in [0.25, 0.3) is 0 Å². The highest BCUT2D eigenvalue weighted by molar-refractivity contribution is 9.09. The van der Waals surface area contributed by atoms with Crippen LogP contribution in [0.5, 0.6) is 0 Å². The van der Waals surface area contributed by atoms with Crippen LogP contribution >= 0.6 is 15.9 Å². The molecule has 106 valence electrons. The Kier molecular flexibility index (Phi) is 5.36. The zero-order chi connectivity index (χ0) is 13.7. The fraction of sp³-hybridized carbons (Fsp3) is 0.615. The normalized spacial score (nSPS) is 17.8. The molecule has 1 saturated carbocycles. The highest BCUT2D eigenvalue weighted by atomic mass is 79.9. The van der Waals surface area contributed by atoms with Crippen molar-refractivity contribution in [3.8, 4) is 0 Å². The van der Waals surface area contributed by atoms with Gasteiger partial charge >= 0.3 is 0 Å². The van der Waals surface area contributed by atoms with Gasteiger partial charge < -0.3 is 0 Å². The van der Waals surface area contributed by atoms with Crippen LogP contribution < -0.4 is 0 Å². The smallest absolute Gasteiger partial charge is 0.244 e. The lowest BCUT2D eigenvalue weighted by Gasteiger charge is -2.32. The first-order valence-electron chi connectivity index (χ1n) is 6.64. The summed E-state index contributed by atoms with van der Waals surface area (Å²) in [4.78, 5) is 4.21. The fourth-order valence-electron chi connectivity index (χ4n) is 2.59. The van der Waals surface area contributed by atoms with Crippen molar-refractivity contribution in [2.24, 2.45) is 0 Å². The summed E-state index contributed by atoms with van der Waals surface area (Å²) in [5.41, 5.74) is 0. The molecule has 6 heteroatoms. The zero-order valence-corrected chi connectivity index (χ0v) is 13.2. The van der Waals surface area contributed by atoms with Crippen LogP contribution in [0.4, 0.5) is 0 Å². The van der Waals surface area contributed by atoms with Crippen LogP contribution in [0.1, 0.15) is 32.1 Å². The van der Waals surface area contributed by atoms with Crippen molar-refractivity contribution in [2.45, 2.75) is 43.0 Å². The molecule has 0 spiro atoms. The lowest BCUT2D eigenvalue weighted by Crippen LogP contribution is -2.42. The largest absolute Gasteiger partial charge is 0.263 e. The van der Waals surface area contributed by atoms with E-state index < -0.39 is 10.0 Å². The van der Waals surface area contributed by atoms with E-state index in [1.54, 1.807) is 22.6 Å². The van der Waals surface area contributed by atoms with Crippen molar-refractivity contribution >= 4 is 26.0 Å². The molecule has 0 atom stereocenters. The van der Waals surface area contributed by atoms with Gasteiger partial charge in [0.1, 0.15) is 4.90 Å². The SMILES string of the molecule is O=S(=O)(c1cccnc1)N(CCBr)C1CCCCC1. The minimum Gasteiger partial charge on any atom is -0.263 e. The second-order valence-electron chi connectivity index (χ2n) is 4.79. The second kappa shape index (κ2) is 6.81. The third-order valence-electron chi connectivity index (χ3n) is 3.53. The lowest BCUT2D eigenvalue weighted by molar-refractivity contribution is 0.263. The second-order valence-corrected chi connectivity index (χ2v) is 7.47. The van der Waals surface area contributed by atoms with Crippen LogP contribution in [-0.2, 0) is 10.0 Å². The van der Waals surface area contributed by atoms with E-state index in [0.717, 1.165) is 25.7 Å². The van der Waals surface area contributed by atoms with Crippen molar-refractivity contribution in [3.05, 3.63) is 24.5 Å². The van der Waals surface area contributed by atoms with Gasteiger partial charge in [0, 0.05) is 30.3 Å². The fourth-order valence-corrected chi connectivity index (χ4v) is 4.85. The Balaban J connectivity index is 2.27. The van der Waals surface area contributed by atoms with E-state index in [1.165, 1.54) is 12.6 Å². The summed E-state index contributed by atoms with van der Waals surface area (Å²) >= 11 is 3.36. The highest BCUT2D eigenvalue weighted by Crippen LogP contribution is 2.27. The van der Waals surface area contributed by atoms with Crippen molar-refractivity contribution in [2.75, 3.05) is 11.9 Å². The van der Waals surface area contributed by atoms with Crippen molar-refractivity contribution in [1.29, 1.82) is 0 Å². The number of nitrogens with zero attached hydrogens (tertiary/aromatic N) is 2. The predicted molar refractivity (Wildman–Crippen MR) is 78.8 cm³/mol. The molecular formula is C13H19BrN2O2S. The van der Waals surface area contributed by atoms with Crippen molar-refractivity contribution in [3.63, 3.8) is 0 Å². The van der Waals surface area contributed by atoms with Crippen LogP contribution in [0.3, 0.4) is 0 Å². The average Bonchev–Trinajstić information content (AvgIpc) is 2.46. The van der Waals surface area contributed by atoms with Crippen molar-refractivity contribution in [1.82, 2.24) is 9.29 Å². The summed E-state index contributed by atoms with van der Waals surface area (Å²) in [5.74, 6) is 0. The van der Waals surface area contributed by atoms with Crippen LogP contribution in [-0.4, -0.2) is 35.6 Å². The molecule has 0 N–H and O–H groups in total. The van der Waals surface area contributed by atoms with E-state index in [2.05, 4.69) is 20.9 Å². The molecule has 1 aromatic heterocycles. The first kappa shape index (κ1) is 14.9. The minimum atomic E-state index is -3.42. The number of rotatable bonds is 5. The van der Waals surface area contributed by atoms with Gasteiger partial charge in [-0.1, -0.05) is 35.2 Å². The van der Waals surface area contributed by atoms with Gasteiger partial charge in [-0.2, -0.15) is 4.31 Å². The maximum Gasteiger partial charge on any atom is 0.244 e. The van der Waals surface area contributed by atoms with Crippen LogP contribution in [0.2, 0.25) is 0 Å². The minimum absolute atomic E-state index is 0.136. The molecule has 0 unspecified atom stereocenters. The summed E-state index contributed by atoms with van der Waals surface area (Å²) in [6, 6.07) is 3.42. The topological polar surface area (TPSA) is 50.3 Å².